The van der Waals surface area contributed by atoms with Gasteiger partial charge in [-0.25, -0.2) is 4.39 Å². The predicted molar refractivity (Wildman–Crippen MR) is 51.4 cm³/mol. The van der Waals surface area contributed by atoms with E-state index in [4.69, 9.17) is 16.3 Å². The van der Waals surface area contributed by atoms with Gasteiger partial charge in [0.1, 0.15) is 17.3 Å². The quantitative estimate of drug-likeness (QED) is 0.533. The summed E-state index contributed by atoms with van der Waals surface area (Å²) in [6.45, 7) is 6.97. The van der Waals surface area contributed by atoms with Gasteiger partial charge in [-0.1, -0.05) is 24.8 Å². The first kappa shape index (κ1) is 9.81. The summed E-state index contributed by atoms with van der Waals surface area (Å²) in [6.07, 6.45) is 1.43. The normalized spacial score (nSPS) is 9.38. The number of ether oxygens (including phenoxy) is 1. The van der Waals surface area contributed by atoms with Gasteiger partial charge in [0.2, 0.25) is 0 Å². The lowest BCUT2D eigenvalue weighted by Gasteiger charge is -2.04. The molecule has 1 aromatic carbocycles. The fourth-order valence-corrected chi connectivity index (χ4v) is 0.992. The van der Waals surface area contributed by atoms with E-state index < -0.39 is 5.82 Å². The summed E-state index contributed by atoms with van der Waals surface area (Å²) in [6, 6.07) is 3.92. The number of allylic oxidation sites excluding steroid dienone is 1. The zero-order chi connectivity index (χ0) is 9.84. The topological polar surface area (TPSA) is 9.23 Å². The minimum atomic E-state index is -0.445. The first-order valence-corrected chi connectivity index (χ1v) is 3.95. The fourth-order valence-electron chi connectivity index (χ4n) is 0.780. The second kappa shape index (κ2) is 4.10. The third kappa shape index (κ3) is 2.92. The van der Waals surface area contributed by atoms with Crippen molar-refractivity contribution in [2.24, 2.45) is 0 Å². The maximum absolute atomic E-state index is 12.8. The first-order chi connectivity index (χ1) is 6.11. The lowest BCUT2D eigenvalue weighted by atomic mass is 10.3. The summed E-state index contributed by atoms with van der Waals surface area (Å²) < 4.78 is 17.9. The maximum Gasteiger partial charge on any atom is 0.131 e. The Labute approximate surface area is 81.1 Å². The highest BCUT2D eigenvalue weighted by molar-refractivity contribution is 6.30. The van der Waals surface area contributed by atoms with Gasteiger partial charge in [-0.15, -0.1) is 0 Å². The van der Waals surface area contributed by atoms with Crippen LogP contribution in [0, 0.1) is 5.82 Å². The molecule has 0 aromatic heterocycles. The second-order valence-electron chi connectivity index (χ2n) is 2.38. The zero-order valence-corrected chi connectivity index (χ0v) is 7.64. The van der Waals surface area contributed by atoms with Gasteiger partial charge in [0, 0.05) is 11.1 Å². The number of hydrogen-bond acceptors (Lipinski definition) is 1. The Morgan fingerprint density at radius 3 is 2.69 bits per heavy atom. The molecule has 0 aliphatic carbocycles. The second-order valence-corrected chi connectivity index (χ2v) is 2.81. The van der Waals surface area contributed by atoms with E-state index in [0.29, 0.717) is 11.5 Å². The standard InChI is InChI=1S/C10H8ClFO/c1-3-7(2)13-10-5-8(11)4-9(12)6-10/h3-6H,1-2H2. The van der Waals surface area contributed by atoms with E-state index in [1.165, 1.54) is 24.3 Å². The zero-order valence-electron chi connectivity index (χ0n) is 6.89. The van der Waals surface area contributed by atoms with Crippen LogP contribution in [0.5, 0.6) is 5.75 Å². The fraction of sp³-hybridized carbons (Fsp3) is 0. The number of halogens is 2. The van der Waals surface area contributed by atoms with Gasteiger partial charge in [0.05, 0.1) is 0 Å². The number of rotatable bonds is 3. The first-order valence-electron chi connectivity index (χ1n) is 3.57. The van der Waals surface area contributed by atoms with Gasteiger partial charge in [-0.3, -0.25) is 0 Å². The third-order valence-electron chi connectivity index (χ3n) is 1.31. The van der Waals surface area contributed by atoms with E-state index in [-0.39, 0.29) is 5.02 Å². The molecule has 0 unspecified atom stereocenters. The number of hydrogen-bond donors (Lipinski definition) is 0. The monoisotopic (exact) mass is 198 g/mol. The predicted octanol–water partition coefficient (Wildman–Crippen LogP) is 3.56. The van der Waals surface area contributed by atoms with Gasteiger partial charge in [-0.2, -0.15) is 0 Å². The molecule has 1 nitrogen and oxygen atoms in total. The molecule has 0 saturated heterocycles. The van der Waals surface area contributed by atoms with Crippen LogP contribution in [0.15, 0.2) is 43.2 Å². The van der Waals surface area contributed by atoms with Crippen LogP contribution < -0.4 is 4.74 Å². The Morgan fingerprint density at radius 1 is 1.46 bits per heavy atom. The molecule has 0 N–H and O–H groups in total. The molecule has 0 aliphatic rings. The van der Waals surface area contributed by atoms with Crippen molar-refractivity contribution in [2.75, 3.05) is 0 Å². The smallest absolute Gasteiger partial charge is 0.131 e. The average Bonchev–Trinajstić information content (AvgIpc) is 2.02. The lowest BCUT2D eigenvalue weighted by molar-refractivity contribution is 0.443. The van der Waals surface area contributed by atoms with Crippen LogP contribution in [0.3, 0.4) is 0 Å². The van der Waals surface area contributed by atoms with Gasteiger partial charge in [-0.05, 0) is 18.2 Å². The third-order valence-corrected chi connectivity index (χ3v) is 1.53. The molecule has 0 radical (unpaired) electrons. The van der Waals surface area contributed by atoms with E-state index in [1.807, 2.05) is 0 Å². The minimum absolute atomic E-state index is 0.284. The van der Waals surface area contributed by atoms with Gasteiger partial charge >= 0.3 is 0 Å². The molecular formula is C10H8ClFO. The van der Waals surface area contributed by atoms with E-state index in [9.17, 15) is 4.39 Å². The SMILES string of the molecule is C=CC(=C)Oc1cc(F)cc(Cl)c1. The Hall–Kier alpha value is -1.28. The highest BCUT2D eigenvalue weighted by Crippen LogP contribution is 2.21. The molecule has 0 amide bonds. The van der Waals surface area contributed by atoms with Crippen LogP contribution in [-0.4, -0.2) is 0 Å². The highest BCUT2D eigenvalue weighted by atomic mass is 35.5. The summed E-state index contributed by atoms with van der Waals surface area (Å²) in [4.78, 5) is 0. The van der Waals surface area contributed by atoms with Crippen LogP contribution in [-0.2, 0) is 0 Å². The molecule has 0 aliphatic heterocycles. The molecule has 1 aromatic rings. The van der Waals surface area contributed by atoms with E-state index >= 15 is 0 Å². The molecule has 0 saturated carbocycles. The van der Waals surface area contributed by atoms with Crippen LogP contribution in [0.1, 0.15) is 0 Å². The Kier molecular flexibility index (Phi) is 3.09. The summed E-state index contributed by atoms with van der Waals surface area (Å²) in [5.74, 6) is 0.218. The van der Waals surface area contributed by atoms with Crippen LogP contribution >= 0.6 is 11.6 Å². The molecule has 0 spiro atoms. The van der Waals surface area contributed by atoms with Crippen molar-refractivity contribution in [3.8, 4) is 5.75 Å². The van der Waals surface area contributed by atoms with Crippen molar-refractivity contribution >= 4 is 11.6 Å². The summed E-state index contributed by atoms with van der Waals surface area (Å²) >= 11 is 5.60. The molecule has 3 heteroatoms. The van der Waals surface area contributed by atoms with E-state index in [2.05, 4.69) is 13.2 Å². The molecule has 0 fully saturated rings. The van der Waals surface area contributed by atoms with E-state index in [0.717, 1.165) is 0 Å². The van der Waals surface area contributed by atoms with Gasteiger partial charge in [0.15, 0.2) is 0 Å². The van der Waals surface area contributed by atoms with E-state index in [1.54, 1.807) is 0 Å². The van der Waals surface area contributed by atoms with Gasteiger partial charge in [0.25, 0.3) is 0 Å². The molecular weight excluding hydrogens is 191 g/mol. The van der Waals surface area contributed by atoms with Gasteiger partial charge < -0.3 is 4.74 Å². The molecule has 0 heterocycles. The molecule has 0 atom stereocenters. The molecule has 68 valence electrons. The maximum atomic E-state index is 12.8. The van der Waals surface area contributed by atoms with Crippen LogP contribution in [0.2, 0.25) is 5.02 Å². The summed E-state index contributed by atoms with van der Waals surface area (Å²) in [7, 11) is 0. The Morgan fingerprint density at radius 2 is 2.15 bits per heavy atom. The Bertz CT molecular complexity index is 327. The largest absolute Gasteiger partial charge is 0.458 e. The highest BCUT2D eigenvalue weighted by Gasteiger charge is 2.00. The molecule has 13 heavy (non-hydrogen) atoms. The lowest BCUT2D eigenvalue weighted by Crippen LogP contribution is -1.90. The van der Waals surface area contributed by atoms with Crippen LogP contribution in [0.4, 0.5) is 4.39 Å². The molecule has 1 rings (SSSR count). The van der Waals surface area contributed by atoms with Crippen molar-refractivity contribution in [1.29, 1.82) is 0 Å². The van der Waals surface area contributed by atoms with Crippen molar-refractivity contribution in [1.82, 2.24) is 0 Å². The summed E-state index contributed by atoms with van der Waals surface area (Å²) in [5, 5.41) is 0.284. The Balaban J connectivity index is 2.89. The van der Waals surface area contributed by atoms with Crippen molar-refractivity contribution in [2.45, 2.75) is 0 Å². The van der Waals surface area contributed by atoms with Crippen molar-refractivity contribution in [3.05, 3.63) is 54.0 Å². The minimum Gasteiger partial charge on any atom is -0.458 e. The number of benzene rings is 1. The summed E-state index contributed by atoms with van der Waals surface area (Å²) in [5.41, 5.74) is 0. The van der Waals surface area contributed by atoms with Crippen molar-refractivity contribution < 1.29 is 9.13 Å². The van der Waals surface area contributed by atoms with Crippen molar-refractivity contribution in [3.63, 3.8) is 0 Å². The molecule has 0 bridgehead atoms. The van der Waals surface area contributed by atoms with Crippen LogP contribution in [0.25, 0.3) is 0 Å². The average molecular weight is 199 g/mol.